The fraction of sp³-hybridized carbons (Fsp3) is 0.263. The quantitative estimate of drug-likeness (QED) is 0.735. The van der Waals surface area contributed by atoms with Gasteiger partial charge in [-0.05, 0) is 35.6 Å². The van der Waals surface area contributed by atoms with Gasteiger partial charge in [-0.1, -0.05) is 29.8 Å². The lowest BCUT2D eigenvalue weighted by molar-refractivity contribution is 0.0772. The number of carbonyl (C=O) groups excluding carboxylic acids is 1. The van der Waals surface area contributed by atoms with Gasteiger partial charge in [0.1, 0.15) is 0 Å². The lowest BCUT2D eigenvalue weighted by Gasteiger charge is -2.21. The third-order valence-corrected chi connectivity index (χ3v) is 5.67. The molecule has 4 rings (SSSR count). The highest BCUT2D eigenvalue weighted by molar-refractivity contribution is 7.12. The van der Waals surface area contributed by atoms with E-state index in [0.29, 0.717) is 6.54 Å². The molecule has 0 spiro atoms. The number of rotatable bonds is 3. The first-order valence-electron chi connectivity index (χ1n) is 8.60. The van der Waals surface area contributed by atoms with Gasteiger partial charge in [0.2, 0.25) is 0 Å². The summed E-state index contributed by atoms with van der Waals surface area (Å²) in [6.07, 6.45) is 0.931. The largest absolute Gasteiger partial charge is 0.353 e. The number of thiophene rings is 1. The molecule has 3 heterocycles. The van der Waals surface area contributed by atoms with Gasteiger partial charge in [0.05, 0.1) is 10.6 Å². The average molecular weight is 387 g/mol. The Bertz CT molecular complexity index is 875. The van der Waals surface area contributed by atoms with Crippen LogP contribution in [0, 0.1) is 0 Å². The molecular weight excluding hydrogens is 368 g/mol. The van der Waals surface area contributed by atoms with Crippen LogP contribution in [0.3, 0.4) is 0 Å². The number of hydrogen-bond donors (Lipinski definition) is 1. The van der Waals surface area contributed by atoms with E-state index in [1.165, 1.54) is 11.3 Å². The molecule has 1 fully saturated rings. The van der Waals surface area contributed by atoms with Crippen molar-refractivity contribution in [2.24, 2.45) is 0 Å². The highest BCUT2D eigenvalue weighted by Gasteiger charge is 2.22. The second-order valence-electron chi connectivity index (χ2n) is 6.26. The smallest absolute Gasteiger partial charge is 0.263 e. The number of halogens is 1. The van der Waals surface area contributed by atoms with Crippen LogP contribution in [-0.2, 0) is 0 Å². The Hall–Kier alpha value is -2.31. The molecule has 0 atom stereocenters. The van der Waals surface area contributed by atoms with Crippen LogP contribution in [0.1, 0.15) is 16.1 Å². The normalized spacial score (nSPS) is 15.1. The molecule has 0 saturated carbocycles. The summed E-state index contributed by atoms with van der Waals surface area (Å²) in [5, 5.41) is 10.2. The van der Waals surface area contributed by atoms with Crippen molar-refractivity contribution in [2.45, 2.75) is 6.42 Å². The van der Waals surface area contributed by atoms with Gasteiger partial charge in [0.25, 0.3) is 5.91 Å². The number of aromatic nitrogens is 2. The number of carbonyl (C=O) groups is 1. The molecule has 134 valence electrons. The van der Waals surface area contributed by atoms with Crippen molar-refractivity contribution in [3.8, 4) is 11.3 Å². The summed E-state index contributed by atoms with van der Waals surface area (Å²) in [6, 6.07) is 13.6. The summed E-state index contributed by atoms with van der Waals surface area (Å²) in [7, 11) is 0. The Morgan fingerprint density at radius 1 is 1.12 bits per heavy atom. The topological polar surface area (TPSA) is 52.2 Å². The molecule has 3 aromatic rings. The van der Waals surface area contributed by atoms with Crippen LogP contribution in [0.25, 0.3) is 11.3 Å². The van der Waals surface area contributed by atoms with Crippen LogP contribution in [0.4, 0.5) is 5.82 Å². The number of anilines is 1. The van der Waals surface area contributed by atoms with Crippen LogP contribution >= 0.6 is 22.9 Å². The summed E-state index contributed by atoms with van der Waals surface area (Å²) in [5.74, 6) is 1.05. The second-order valence-corrected chi connectivity index (χ2v) is 7.64. The van der Waals surface area contributed by atoms with Crippen molar-refractivity contribution in [3.05, 3.63) is 57.7 Å². The summed E-state index contributed by atoms with van der Waals surface area (Å²) in [5.41, 5.74) is 2.02. The Morgan fingerprint density at radius 3 is 2.73 bits per heavy atom. The fourth-order valence-corrected chi connectivity index (χ4v) is 3.97. The van der Waals surface area contributed by atoms with E-state index in [2.05, 4.69) is 21.2 Å². The van der Waals surface area contributed by atoms with E-state index >= 15 is 0 Å². The molecule has 1 N–H and O–H groups in total. The molecule has 1 amide bonds. The summed E-state index contributed by atoms with van der Waals surface area (Å²) in [4.78, 5) is 17.5. The monoisotopic (exact) mass is 386 g/mol. The van der Waals surface area contributed by atoms with Gasteiger partial charge in [-0.15, -0.1) is 11.3 Å². The van der Waals surface area contributed by atoms with Crippen molar-refractivity contribution in [1.29, 1.82) is 0 Å². The zero-order chi connectivity index (χ0) is 17.9. The van der Waals surface area contributed by atoms with Gasteiger partial charge in [-0.25, -0.2) is 0 Å². The SMILES string of the molecule is O=C(c1cccs1)N1CCCN(c2cc(-c3ccc(Cl)cc3)[nH]n2)CC1. The molecule has 1 saturated heterocycles. The van der Waals surface area contributed by atoms with Gasteiger partial charge >= 0.3 is 0 Å². The third-order valence-electron chi connectivity index (χ3n) is 4.56. The highest BCUT2D eigenvalue weighted by atomic mass is 35.5. The Balaban J connectivity index is 1.44. The number of hydrogen-bond acceptors (Lipinski definition) is 4. The molecule has 5 nitrogen and oxygen atoms in total. The van der Waals surface area contributed by atoms with E-state index in [0.717, 1.165) is 53.0 Å². The molecule has 26 heavy (non-hydrogen) atoms. The third kappa shape index (κ3) is 3.61. The predicted molar refractivity (Wildman–Crippen MR) is 106 cm³/mol. The first-order chi connectivity index (χ1) is 12.7. The maximum absolute atomic E-state index is 12.6. The van der Waals surface area contributed by atoms with Gasteiger partial charge < -0.3 is 9.80 Å². The molecule has 0 aliphatic carbocycles. The van der Waals surface area contributed by atoms with E-state index in [9.17, 15) is 4.79 Å². The maximum atomic E-state index is 12.6. The molecule has 1 aliphatic heterocycles. The average Bonchev–Trinajstić information content (AvgIpc) is 3.30. The van der Waals surface area contributed by atoms with Crippen LogP contribution in [0.2, 0.25) is 5.02 Å². The number of nitrogens with one attached hydrogen (secondary N) is 1. The molecule has 1 aliphatic rings. The predicted octanol–water partition coefficient (Wildman–Crippen LogP) is 4.14. The van der Waals surface area contributed by atoms with Crippen LogP contribution in [-0.4, -0.2) is 47.2 Å². The van der Waals surface area contributed by atoms with Gasteiger partial charge in [-0.2, -0.15) is 5.10 Å². The Morgan fingerprint density at radius 2 is 1.96 bits per heavy atom. The van der Waals surface area contributed by atoms with E-state index in [1.807, 2.05) is 46.7 Å². The number of benzene rings is 1. The van der Waals surface area contributed by atoms with E-state index < -0.39 is 0 Å². The van der Waals surface area contributed by atoms with Gasteiger partial charge in [0, 0.05) is 37.3 Å². The Labute approximate surface area is 161 Å². The molecule has 0 radical (unpaired) electrons. The van der Waals surface area contributed by atoms with Crippen LogP contribution in [0.15, 0.2) is 47.8 Å². The van der Waals surface area contributed by atoms with Crippen molar-refractivity contribution < 1.29 is 4.79 Å². The fourth-order valence-electron chi connectivity index (χ4n) is 3.16. The minimum Gasteiger partial charge on any atom is -0.353 e. The molecule has 7 heteroatoms. The summed E-state index contributed by atoms with van der Waals surface area (Å²) < 4.78 is 0. The van der Waals surface area contributed by atoms with Crippen molar-refractivity contribution in [1.82, 2.24) is 15.1 Å². The minimum absolute atomic E-state index is 0.130. The molecule has 2 aromatic heterocycles. The van der Waals surface area contributed by atoms with Crippen LogP contribution in [0.5, 0.6) is 0 Å². The first kappa shape index (κ1) is 17.1. The number of amides is 1. The zero-order valence-corrected chi connectivity index (χ0v) is 15.8. The van der Waals surface area contributed by atoms with E-state index in [4.69, 9.17) is 11.6 Å². The Kier molecular flexibility index (Phi) is 4.95. The summed E-state index contributed by atoms with van der Waals surface area (Å²) in [6.45, 7) is 3.16. The van der Waals surface area contributed by atoms with Gasteiger partial charge in [-0.3, -0.25) is 9.89 Å². The number of aromatic amines is 1. The first-order valence-corrected chi connectivity index (χ1v) is 9.85. The second kappa shape index (κ2) is 7.51. The van der Waals surface area contributed by atoms with Gasteiger partial charge in [0.15, 0.2) is 5.82 Å². The lowest BCUT2D eigenvalue weighted by atomic mass is 10.1. The lowest BCUT2D eigenvalue weighted by Crippen LogP contribution is -2.34. The standard InChI is InChI=1S/C19H19ClN4OS/c20-15-6-4-14(5-7-15)16-13-18(22-21-16)23-8-2-9-24(11-10-23)19(25)17-3-1-12-26-17/h1,3-7,12-13H,2,8-11H2,(H,21,22). The number of nitrogens with zero attached hydrogens (tertiary/aromatic N) is 3. The molecular formula is C19H19ClN4OS. The van der Waals surface area contributed by atoms with Crippen LogP contribution < -0.4 is 4.90 Å². The number of H-pyrrole nitrogens is 1. The van der Waals surface area contributed by atoms with Crippen molar-refractivity contribution >= 4 is 34.7 Å². The highest BCUT2D eigenvalue weighted by Crippen LogP contribution is 2.24. The van der Waals surface area contributed by atoms with Crippen molar-refractivity contribution in [2.75, 3.05) is 31.1 Å². The molecule has 1 aromatic carbocycles. The van der Waals surface area contributed by atoms with E-state index in [-0.39, 0.29) is 5.91 Å². The van der Waals surface area contributed by atoms with E-state index in [1.54, 1.807) is 0 Å². The summed E-state index contributed by atoms with van der Waals surface area (Å²) >= 11 is 7.45. The molecule has 0 bridgehead atoms. The zero-order valence-electron chi connectivity index (χ0n) is 14.2. The molecule has 0 unspecified atom stereocenters. The minimum atomic E-state index is 0.130. The van der Waals surface area contributed by atoms with Crippen molar-refractivity contribution in [3.63, 3.8) is 0 Å². The maximum Gasteiger partial charge on any atom is 0.263 e.